The Hall–Kier alpha value is -1.48. The van der Waals surface area contributed by atoms with Gasteiger partial charge in [-0.2, -0.15) is 0 Å². The number of halogens is 1. The normalized spacial score (nSPS) is 12.3. The molecule has 0 bridgehead atoms. The lowest BCUT2D eigenvalue weighted by molar-refractivity contribution is 0.302. The summed E-state index contributed by atoms with van der Waals surface area (Å²) in [5.41, 5.74) is 1.41. The molecule has 0 radical (unpaired) electrons. The molecule has 1 aromatic carbocycles. The topological polar surface area (TPSA) is 45.7 Å². The summed E-state index contributed by atoms with van der Waals surface area (Å²) in [5.74, 6) is 0. The molecule has 0 aliphatic rings. The molecule has 1 heterocycles. The third-order valence-electron chi connectivity index (χ3n) is 2.03. The van der Waals surface area contributed by atoms with Gasteiger partial charge in [0.15, 0.2) is 0 Å². The highest BCUT2D eigenvalue weighted by Crippen LogP contribution is 2.16. The number of aryl methyl sites for hydroxylation is 1. The van der Waals surface area contributed by atoms with Gasteiger partial charge >= 0.3 is 0 Å². The van der Waals surface area contributed by atoms with E-state index in [-0.39, 0.29) is 0 Å². The minimum absolute atomic E-state index is 0.494. The molecule has 3 nitrogen and oxygen atoms in total. The fraction of sp³-hybridized carbons (Fsp3) is 0.100. The molecular formula is C10H8ClNO2. The molecule has 1 aromatic heterocycles. The van der Waals surface area contributed by atoms with Crippen molar-refractivity contribution in [3.63, 3.8) is 0 Å². The van der Waals surface area contributed by atoms with Crippen LogP contribution in [0.1, 0.15) is 5.56 Å². The Labute approximate surface area is 85.2 Å². The Morgan fingerprint density at radius 3 is 2.93 bits per heavy atom. The van der Waals surface area contributed by atoms with E-state index in [2.05, 4.69) is 5.16 Å². The van der Waals surface area contributed by atoms with E-state index in [1.165, 1.54) is 0 Å². The Balaban J connectivity index is 3.00. The molecule has 0 atom stereocenters. The molecule has 0 aliphatic heterocycles. The number of rotatable bonds is 0. The van der Waals surface area contributed by atoms with Crippen LogP contribution in [0, 0.1) is 6.92 Å². The lowest BCUT2D eigenvalue weighted by Crippen LogP contribution is -2.07. The van der Waals surface area contributed by atoms with Gasteiger partial charge in [0.05, 0.1) is 6.26 Å². The number of fused-ring (bicyclic) bond motifs is 1. The van der Waals surface area contributed by atoms with E-state index in [0.29, 0.717) is 21.3 Å². The molecule has 0 saturated carbocycles. The monoisotopic (exact) mass is 209 g/mol. The first-order valence-corrected chi connectivity index (χ1v) is 4.46. The summed E-state index contributed by atoms with van der Waals surface area (Å²) in [6.07, 6.45) is 1.55. The van der Waals surface area contributed by atoms with E-state index in [4.69, 9.17) is 21.2 Å². The highest BCUT2D eigenvalue weighted by Gasteiger charge is 2.02. The second-order valence-electron chi connectivity index (χ2n) is 3.01. The third kappa shape index (κ3) is 1.36. The largest absolute Gasteiger partial charge is 0.464 e. The van der Waals surface area contributed by atoms with E-state index < -0.39 is 0 Å². The quantitative estimate of drug-likeness (QED) is 0.536. The maximum atomic E-state index is 8.85. The van der Waals surface area contributed by atoms with E-state index in [0.717, 1.165) is 5.56 Å². The van der Waals surface area contributed by atoms with Crippen molar-refractivity contribution in [1.29, 1.82) is 0 Å². The van der Waals surface area contributed by atoms with Crippen LogP contribution in [-0.2, 0) is 0 Å². The van der Waals surface area contributed by atoms with Crippen LogP contribution < -0.4 is 5.36 Å². The lowest BCUT2D eigenvalue weighted by Gasteiger charge is -1.99. The SMILES string of the molecule is Cc1coc2ccc(Cl)cc2/c1=N\O. The van der Waals surface area contributed by atoms with Gasteiger partial charge in [-0.05, 0) is 25.1 Å². The zero-order valence-corrected chi connectivity index (χ0v) is 8.25. The van der Waals surface area contributed by atoms with Crippen molar-refractivity contribution in [3.05, 3.63) is 40.4 Å². The van der Waals surface area contributed by atoms with Crippen LogP contribution in [0.3, 0.4) is 0 Å². The first-order valence-electron chi connectivity index (χ1n) is 4.08. The fourth-order valence-corrected chi connectivity index (χ4v) is 1.51. The van der Waals surface area contributed by atoms with Crippen molar-refractivity contribution in [2.24, 2.45) is 5.16 Å². The molecule has 0 fully saturated rings. The summed E-state index contributed by atoms with van der Waals surface area (Å²) >= 11 is 5.83. The zero-order chi connectivity index (χ0) is 10.1. The highest BCUT2D eigenvalue weighted by atomic mass is 35.5. The summed E-state index contributed by atoms with van der Waals surface area (Å²) in [4.78, 5) is 0. The molecule has 2 aromatic rings. The molecule has 2 rings (SSSR count). The summed E-state index contributed by atoms with van der Waals surface area (Å²) < 4.78 is 5.31. The predicted octanol–water partition coefficient (Wildman–Crippen LogP) is 2.68. The van der Waals surface area contributed by atoms with Crippen LogP contribution in [0.4, 0.5) is 0 Å². The predicted molar refractivity (Wildman–Crippen MR) is 53.3 cm³/mol. The number of benzene rings is 1. The second kappa shape index (κ2) is 3.35. The van der Waals surface area contributed by atoms with Crippen molar-refractivity contribution < 1.29 is 9.62 Å². The summed E-state index contributed by atoms with van der Waals surface area (Å²) in [6, 6.07) is 5.18. The number of hydrogen-bond acceptors (Lipinski definition) is 3. The fourth-order valence-electron chi connectivity index (χ4n) is 1.34. The van der Waals surface area contributed by atoms with Crippen LogP contribution >= 0.6 is 11.6 Å². The van der Waals surface area contributed by atoms with Gasteiger partial charge in [0.2, 0.25) is 0 Å². The van der Waals surface area contributed by atoms with Crippen molar-refractivity contribution >= 4 is 22.6 Å². The van der Waals surface area contributed by atoms with Gasteiger partial charge in [-0.25, -0.2) is 0 Å². The van der Waals surface area contributed by atoms with Gasteiger partial charge in [-0.1, -0.05) is 16.8 Å². The average molecular weight is 210 g/mol. The lowest BCUT2D eigenvalue weighted by atomic mass is 10.2. The van der Waals surface area contributed by atoms with E-state index in [1.807, 2.05) is 0 Å². The van der Waals surface area contributed by atoms with Crippen LogP contribution in [0.25, 0.3) is 11.0 Å². The van der Waals surface area contributed by atoms with Crippen molar-refractivity contribution in [3.8, 4) is 0 Å². The summed E-state index contributed by atoms with van der Waals surface area (Å²) in [7, 11) is 0. The van der Waals surface area contributed by atoms with Gasteiger partial charge in [-0.15, -0.1) is 0 Å². The van der Waals surface area contributed by atoms with Gasteiger partial charge in [0.25, 0.3) is 0 Å². The van der Waals surface area contributed by atoms with Gasteiger partial charge in [0.1, 0.15) is 10.9 Å². The highest BCUT2D eigenvalue weighted by molar-refractivity contribution is 6.31. The van der Waals surface area contributed by atoms with Crippen LogP contribution in [-0.4, -0.2) is 5.21 Å². The summed E-state index contributed by atoms with van der Waals surface area (Å²) in [6.45, 7) is 1.80. The van der Waals surface area contributed by atoms with Crippen LogP contribution in [0.2, 0.25) is 5.02 Å². The standard InChI is InChI=1S/C10H8ClNO2/c1-6-5-14-9-3-2-7(11)4-8(9)10(6)12-13/h2-5,13H,1H3/b12-10-. The van der Waals surface area contributed by atoms with Crippen molar-refractivity contribution in [2.75, 3.05) is 0 Å². The Morgan fingerprint density at radius 2 is 2.21 bits per heavy atom. The Bertz CT molecular complexity index is 540. The molecule has 1 N–H and O–H groups in total. The van der Waals surface area contributed by atoms with Crippen molar-refractivity contribution in [2.45, 2.75) is 6.92 Å². The molecule has 4 heteroatoms. The minimum Gasteiger partial charge on any atom is -0.464 e. The maximum Gasteiger partial charge on any atom is 0.136 e. The van der Waals surface area contributed by atoms with E-state index in [9.17, 15) is 0 Å². The maximum absolute atomic E-state index is 8.85. The van der Waals surface area contributed by atoms with Gasteiger partial charge in [0, 0.05) is 16.0 Å². The van der Waals surface area contributed by atoms with Gasteiger partial charge in [-0.3, -0.25) is 0 Å². The molecule has 0 amide bonds. The Kier molecular flexibility index (Phi) is 2.17. The number of nitrogens with zero attached hydrogens (tertiary/aromatic N) is 1. The molecule has 0 unspecified atom stereocenters. The van der Waals surface area contributed by atoms with Crippen LogP contribution in [0.15, 0.2) is 34.0 Å². The molecule has 72 valence electrons. The third-order valence-corrected chi connectivity index (χ3v) is 2.27. The molecule has 14 heavy (non-hydrogen) atoms. The second-order valence-corrected chi connectivity index (χ2v) is 3.44. The van der Waals surface area contributed by atoms with Crippen LogP contribution in [0.5, 0.6) is 0 Å². The smallest absolute Gasteiger partial charge is 0.136 e. The molecule has 0 saturated heterocycles. The molecular weight excluding hydrogens is 202 g/mol. The Morgan fingerprint density at radius 1 is 1.43 bits per heavy atom. The number of hydrogen-bond donors (Lipinski definition) is 1. The average Bonchev–Trinajstić information content (AvgIpc) is 2.17. The van der Waals surface area contributed by atoms with Gasteiger partial charge < -0.3 is 9.62 Å². The van der Waals surface area contributed by atoms with Crippen molar-refractivity contribution in [1.82, 2.24) is 0 Å². The zero-order valence-electron chi connectivity index (χ0n) is 7.49. The minimum atomic E-state index is 0.494. The first-order chi connectivity index (χ1) is 6.72. The molecule has 0 aliphatic carbocycles. The van der Waals surface area contributed by atoms with E-state index in [1.54, 1.807) is 31.4 Å². The summed E-state index contributed by atoms with van der Waals surface area (Å²) in [5, 5.41) is 13.9. The first kappa shape index (κ1) is 9.09. The molecule has 0 spiro atoms. The van der Waals surface area contributed by atoms with E-state index >= 15 is 0 Å².